The monoisotopic (exact) mass is 478 g/mol. The number of ether oxygens (including phenoxy) is 3. The molecule has 8 heteroatoms. The number of esters is 3. The highest BCUT2D eigenvalue weighted by molar-refractivity contribution is 5.67. The van der Waals surface area contributed by atoms with Crippen molar-refractivity contribution in [1.82, 2.24) is 0 Å². The van der Waals surface area contributed by atoms with Crippen molar-refractivity contribution in [2.45, 2.75) is 85.0 Å². The molecule has 0 aromatic heterocycles. The molecule has 8 nitrogen and oxygen atoms in total. The van der Waals surface area contributed by atoms with Crippen LogP contribution in [0, 0.1) is 34.0 Å². The average Bonchev–Trinajstić information content (AvgIpc) is 3.48. The van der Waals surface area contributed by atoms with E-state index in [4.69, 9.17) is 14.2 Å². The molecule has 4 aliphatic rings. The quantitative estimate of drug-likeness (QED) is 0.340. The fraction of sp³-hybridized carbons (Fsp3) is 0.808. The van der Waals surface area contributed by atoms with E-state index in [1.54, 1.807) is 0 Å². The Labute approximate surface area is 201 Å². The molecule has 2 N–H and O–H groups in total. The Morgan fingerprint density at radius 1 is 1.03 bits per heavy atom. The number of fused-ring (bicyclic) bond motifs is 5. The molecule has 0 amide bonds. The Kier molecular flexibility index (Phi) is 6.39. The summed E-state index contributed by atoms with van der Waals surface area (Å²) in [7, 11) is 0. The summed E-state index contributed by atoms with van der Waals surface area (Å²) in [6, 6.07) is 0. The van der Waals surface area contributed by atoms with Crippen LogP contribution in [-0.2, 0) is 28.6 Å². The van der Waals surface area contributed by atoms with Crippen LogP contribution in [0.1, 0.15) is 66.7 Å². The van der Waals surface area contributed by atoms with Crippen LogP contribution < -0.4 is 0 Å². The van der Waals surface area contributed by atoms with E-state index in [9.17, 15) is 24.6 Å². The second-order valence-corrected chi connectivity index (χ2v) is 11.6. The molecule has 190 valence electrons. The van der Waals surface area contributed by atoms with E-state index in [0.29, 0.717) is 25.7 Å². The van der Waals surface area contributed by atoms with E-state index in [1.807, 2.05) is 6.92 Å². The first-order chi connectivity index (χ1) is 15.9. The van der Waals surface area contributed by atoms with E-state index < -0.39 is 11.5 Å². The van der Waals surface area contributed by atoms with Gasteiger partial charge in [-0.1, -0.05) is 25.5 Å². The van der Waals surface area contributed by atoms with Crippen molar-refractivity contribution < 1.29 is 38.8 Å². The van der Waals surface area contributed by atoms with Crippen LogP contribution in [0.25, 0.3) is 0 Å². The van der Waals surface area contributed by atoms with Crippen molar-refractivity contribution in [2.75, 3.05) is 13.2 Å². The molecule has 4 rings (SSSR count). The van der Waals surface area contributed by atoms with Crippen LogP contribution in [0.2, 0.25) is 0 Å². The Morgan fingerprint density at radius 2 is 1.68 bits per heavy atom. The lowest BCUT2D eigenvalue weighted by molar-refractivity contribution is -0.171. The molecular weight excluding hydrogens is 440 g/mol. The van der Waals surface area contributed by atoms with Gasteiger partial charge in [-0.05, 0) is 48.9 Å². The van der Waals surface area contributed by atoms with Crippen LogP contribution >= 0.6 is 0 Å². The predicted molar refractivity (Wildman–Crippen MR) is 121 cm³/mol. The van der Waals surface area contributed by atoms with Crippen molar-refractivity contribution in [1.29, 1.82) is 0 Å². The van der Waals surface area contributed by atoms with Gasteiger partial charge in [0.1, 0.15) is 12.2 Å². The third-order valence-electron chi connectivity index (χ3n) is 9.32. The molecule has 0 saturated heterocycles. The number of aliphatic hydroxyl groups is 2. The number of hydrogen-bond acceptors (Lipinski definition) is 8. The largest absolute Gasteiger partial charge is 0.465 e. The molecular formula is C26H38O8. The minimum absolute atomic E-state index is 0.0927. The lowest BCUT2D eigenvalue weighted by Gasteiger charge is -2.59. The smallest absolute Gasteiger partial charge is 0.302 e. The van der Waals surface area contributed by atoms with Crippen LogP contribution in [0.5, 0.6) is 0 Å². The van der Waals surface area contributed by atoms with E-state index in [2.05, 4.69) is 13.0 Å². The maximum absolute atomic E-state index is 12.1. The standard InChI is InChI=1S/C26H38O8/c1-14(28)32-13-26-10-19(26)21(34-16(3)30)11-25(5)18-6-7-24(4,23(31)12-27)9-17(18)20(8-22(25)26)33-15(2)29/h6,17,19-23,27,31H,7-13H2,1-5H3/t17-,19+,20-,21-,22+,23+,24+,25+,26-/m1/s1. The SMILES string of the molecule is CC(=O)OC[C@]12C[C@H]1[C@H](OC(C)=O)C[C@@]1(C)C3=CC[C@](C)([C@@H](O)CO)C[C@H]3[C@H](OC(C)=O)C[C@H]21. The molecule has 0 radical (unpaired) electrons. The molecule has 4 aliphatic carbocycles. The zero-order valence-corrected chi connectivity index (χ0v) is 20.8. The molecule has 34 heavy (non-hydrogen) atoms. The number of carbonyl (C=O) groups excluding carboxylic acids is 3. The number of allylic oxidation sites excluding steroid dienone is 1. The highest BCUT2D eigenvalue weighted by Gasteiger charge is 2.73. The second kappa shape index (κ2) is 8.63. The maximum Gasteiger partial charge on any atom is 0.302 e. The van der Waals surface area contributed by atoms with Gasteiger partial charge in [-0.15, -0.1) is 0 Å². The second-order valence-electron chi connectivity index (χ2n) is 11.6. The van der Waals surface area contributed by atoms with E-state index in [0.717, 1.165) is 6.42 Å². The molecule has 3 fully saturated rings. The van der Waals surface area contributed by atoms with E-state index in [-0.39, 0.29) is 71.9 Å². The van der Waals surface area contributed by atoms with E-state index >= 15 is 0 Å². The first kappa shape index (κ1) is 25.2. The highest BCUT2D eigenvalue weighted by Crippen LogP contribution is 2.74. The molecule has 0 heterocycles. The Balaban J connectivity index is 1.76. The average molecular weight is 479 g/mol. The van der Waals surface area contributed by atoms with Crippen molar-refractivity contribution in [3.05, 3.63) is 11.6 Å². The Morgan fingerprint density at radius 3 is 2.26 bits per heavy atom. The fourth-order valence-electron chi connectivity index (χ4n) is 7.65. The van der Waals surface area contributed by atoms with Crippen LogP contribution in [0.3, 0.4) is 0 Å². The zero-order valence-electron chi connectivity index (χ0n) is 20.8. The third kappa shape index (κ3) is 4.06. The summed E-state index contributed by atoms with van der Waals surface area (Å²) in [6.07, 6.45) is 3.90. The summed E-state index contributed by atoms with van der Waals surface area (Å²) < 4.78 is 17.2. The van der Waals surface area contributed by atoms with Crippen molar-refractivity contribution >= 4 is 17.9 Å². The van der Waals surface area contributed by atoms with Crippen LogP contribution in [0.15, 0.2) is 11.6 Å². The summed E-state index contributed by atoms with van der Waals surface area (Å²) in [5.41, 5.74) is -0.0252. The van der Waals surface area contributed by atoms with Gasteiger partial charge in [0.2, 0.25) is 0 Å². The summed E-state index contributed by atoms with van der Waals surface area (Å²) in [5.74, 6) is -0.917. The first-order valence-corrected chi connectivity index (χ1v) is 12.3. The fourth-order valence-corrected chi connectivity index (χ4v) is 7.65. The van der Waals surface area contributed by atoms with Gasteiger partial charge in [-0.2, -0.15) is 0 Å². The number of carbonyl (C=O) groups is 3. The van der Waals surface area contributed by atoms with Crippen molar-refractivity contribution in [3.63, 3.8) is 0 Å². The zero-order chi connectivity index (χ0) is 25.1. The highest BCUT2D eigenvalue weighted by atomic mass is 16.6. The maximum atomic E-state index is 12.1. The van der Waals surface area contributed by atoms with Gasteiger partial charge < -0.3 is 24.4 Å². The molecule has 0 unspecified atom stereocenters. The summed E-state index contributed by atoms with van der Waals surface area (Å²) >= 11 is 0. The molecule has 0 aliphatic heterocycles. The normalized spacial score (nSPS) is 43.3. The minimum Gasteiger partial charge on any atom is -0.465 e. The number of aliphatic hydroxyl groups excluding tert-OH is 2. The van der Waals surface area contributed by atoms with Gasteiger partial charge in [-0.25, -0.2) is 0 Å². The third-order valence-corrected chi connectivity index (χ3v) is 9.32. The van der Waals surface area contributed by atoms with Gasteiger partial charge in [0.15, 0.2) is 0 Å². The Hall–Kier alpha value is -1.93. The topological polar surface area (TPSA) is 119 Å². The van der Waals surface area contributed by atoms with Crippen LogP contribution in [0.4, 0.5) is 0 Å². The molecule has 0 aromatic rings. The van der Waals surface area contributed by atoms with E-state index in [1.165, 1.54) is 26.3 Å². The lowest BCUT2D eigenvalue weighted by atomic mass is 9.48. The van der Waals surface area contributed by atoms with Gasteiger partial charge in [0, 0.05) is 38.0 Å². The lowest BCUT2D eigenvalue weighted by Crippen LogP contribution is -2.57. The first-order valence-electron chi connectivity index (χ1n) is 12.3. The minimum atomic E-state index is -0.878. The molecule has 3 saturated carbocycles. The van der Waals surface area contributed by atoms with Gasteiger partial charge in [-0.3, -0.25) is 14.4 Å². The molecule has 0 bridgehead atoms. The number of hydrogen-bond donors (Lipinski definition) is 2. The summed E-state index contributed by atoms with van der Waals surface area (Å²) in [6.45, 7) is 8.33. The summed E-state index contributed by atoms with van der Waals surface area (Å²) in [5, 5.41) is 20.2. The van der Waals surface area contributed by atoms with Crippen LogP contribution in [-0.4, -0.2) is 59.6 Å². The van der Waals surface area contributed by atoms with Gasteiger partial charge in [0.05, 0.1) is 19.3 Å². The number of rotatable bonds is 6. The molecule has 0 aromatic carbocycles. The van der Waals surface area contributed by atoms with Gasteiger partial charge >= 0.3 is 17.9 Å². The van der Waals surface area contributed by atoms with Crippen molar-refractivity contribution in [2.24, 2.45) is 34.0 Å². The van der Waals surface area contributed by atoms with Gasteiger partial charge in [0.25, 0.3) is 0 Å². The predicted octanol–water partition coefficient (Wildman–Crippen LogP) is 2.55. The Bertz CT molecular complexity index is 897. The molecule has 9 atom stereocenters. The van der Waals surface area contributed by atoms with Crippen molar-refractivity contribution in [3.8, 4) is 0 Å². The molecule has 0 spiro atoms. The summed E-state index contributed by atoms with van der Waals surface area (Å²) in [4.78, 5) is 35.7.